The van der Waals surface area contributed by atoms with E-state index < -0.39 is 0 Å². The monoisotopic (exact) mass is 337 g/mol. The van der Waals surface area contributed by atoms with E-state index in [4.69, 9.17) is 0 Å². The van der Waals surface area contributed by atoms with E-state index in [1.165, 1.54) is 16.7 Å². The molecule has 0 spiro atoms. The minimum Gasteiger partial charge on any atom is -0.381 e. The average molecular weight is 337 g/mol. The van der Waals surface area contributed by atoms with Crippen LogP contribution in [0.5, 0.6) is 0 Å². The van der Waals surface area contributed by atoms with Gasteiger partial charge < -0.3 is 10.2 Å². The number of hydrogen-bond donors (Lipinski definition) is 1. The zero-order chi connectivity index (χ0) is 17.6. The van der Waals surface area contributed by atoms with Gasteiger partial charge >= 0.3 is 0 Å². The minimum atomic E-state index is 0.253. The number of rotatable bonds is 5. The first-order valence-electron chi connectivity index (χ1n) is 9.12. The Kier molecular flexibility index (Phi) is 5.69. The molecule has 4 heteroatoms. The standard InChI is InChI=1S/C21H27N3O/c1-16-5-7-19(14-17(16)2)23-20-4-3-13-24(15-20)21(25)8-6-18-9-11-22-12-10-18/h5,7,9-12,14,20,23H,3-4,6,8,13,15H2,1-2H3/t20-/m1/s1. The van der Waals surface area contributed by atoms with E-state index in [0.717, 1.165) is 38.0 Å². The van der Waals surface area contributed by atoms with Gasteiger partial charge in [-0.2, -0.15) is 0 Å². The Morgan fingerprint density at radius 2 is 2.00 bits per heavy atom. The lowest BCUT2D eigenvalue weighted by atomic mass is 10.0. The highest BCUT2D eigenvalue weighted by atomic mass is 16.2. The highest BCUT2D eigenvalue weighted by Crippen LogP contribution is 2.19. The zero-order valence-corrected chi connectivity index (χ0v) is 15.2. The first-order valence-corrected chi connectivity index (χ1v) is 9.12. The number of aryl methyl sites for hydroxylation is 3. The summed E-state index contributed by atoms with van der Waals surface area (Å²) in [5.74, 6) is 0.253. The van der Waals surface area contributed by atoms with E-state index >= 15 is 0 Å². The maximum atomic E-state index is 12.6. The van der Waals surface area contributed by atoms with E-state index in [0.29, 0.717) is 12.5 Å². The molecule has 132 valence electrons. The molecule has 1 N–H and O–H groups in total. The molecule has 1 aliphatic rings. The summed E-state index contributed by atoms with van der Waals surface area (Å²) in [6, 6.07) is 10.8. The zero-order valence-electron chi connectivity index (χ0n) is 15.2. The minimum absolute atomic E-state index is 0.253. The Balaban J connectivity index is 1.53. The Morgan fingerprint density at radius 1 is 1.20 bits per heavy atom. The molecule has 0 bridgehead atoms. The Labute approximate surface area is 150 Å². The molecule has 1 aliphatic heterocycles. The quantitative estimate of drug-likeness (QED) is 0.904. The molecule has 1 aromatic heterocycles. The number of nitrogens with zero attached hydrogens (tertiary/aromatic N) is 2. The number of likely N-dealkylation sites (tertiary alicyclic amines) is 1. The lowest BCUT2D eigenvalue weighted by molar-refractivity contribution is -0.132. The molecular formula is C21H27N3O. The molecule has 2 aromatic rings. The van der Waals surface area contributed by atoms with Crippen LogP contribution in [0, 0.1) is 13.8 Å². The van der Waals surface area contributed by atoms with Crippen molar-refractivity contribution in [3.63, 3.8) is 0 Å². The summed E-state index contributed by atoms with van der Waals surface area (Å²) in [4.78, 5) is 18.6. The van der Waals surface area contributed by atoms with Crippen LogP contribution in [0.3, 0.4) is 0 Å². The fraction of sp³-hybridized carbons (Fsp3) is 0.429. The second kappa shape index (κ2) is 8.15. The van der Waals surface area contributed by atoms with Crippen LogP contribution in [0.4, 0.5) is 5.69 Å². The molecule has 25 heavy (non-hydrogen) atoms. The van der Waals surface area contributed by atoms with Gasteiger partial charge in [0.05, 0.1) is 0 Å². The molecule has 1 fully saturated rings. The second-order valence-electron chi connectivity index (χ2n) is 6.98. The molecular weight excluding hydrogens is 310 g/mol. The average Bonchev–Trinajstić information content (AvgIpc) is 2.64. The molecule has 0 unspecified atom stereocenters. The number of carbonyl (C=O) groups is 1. The fourth-order valence-electron chi connectivity index (χ4n) is 3.35. The predicted octanol–water partition coefficient (Wildman–Crippen LogP) is 3.73. The smallest absolute Gasteiger partial charge is 0.222 e. The molecule has 1 saturated heterocycles. The number of amides is 1. The van der Waals surface area contributed by atoms with E-state index in [9.17, 15) is 4.79 Å². The summed E-state index contributed by atoms with van der Waals surface area (Å²) < 4.78 is 0. The molecule has 1 amide bonds. The summed E-state index contributed by atoms with van der Waals surface area (Å²) in [7, 11) is 0. The summed E-state index contributed by atoms with van der Waals surface area (Å²) in [6.07, 6.45) is 7.09. The van der Waals surface area contributed by atoms with Crippen molar-refractivity contribution in [2.45, 2.75) is 45.6 Å². The lowest BCUT2D eigenvalue weighted by Crippen LogP contribution is -2.45. The number of piperidine rings is 1. The number of nitrogens with one attached hydrogen (secondary N) is 1. The summed E-state index contributed by atoms with van der Waals surface area (Å²) in [5, 5.41) is 3.61. The number of aromatic nitrogens is 1. The number of anilines is 1. The number of carbonyl (C=O) groups excluding carboxylic acids is 1. The van der Waals surface area contributed by atoms with Gasteiger partial charge in [0.2, 0.25) is 5.91 Å². The number of benzene rings is 1. The van der Waals surface area contributed by atoms with Crippen LogP contribution in [-0.4, -0.2) is 34.9 Å². The third kappa shape index (κ3) is 4.81. The van der Waals surface area contributed by atoms with Gasteiger partial charge in [0.25, 0.3) is 0 Å². The van der Waals surface area contributed by atoms with E-state index in [2.05, 4.69) is 42.3 Å². The van der Waals surface area contributed by atoms with Crippen LogP contribution < -0.4 is 5.32 Å². The van der Waals surface area contributed by atoms with Crippen LogP contribution in [0.25, 0.3) is 0 Å². The molecule has 0 radical (unpaired) electrons. The summed E-state index contributed by atoms with van der Waals surface area (Å²) >= 11 is 0. The van der Waals surface area contributed by atoms with Crippen molar-refractivity contribution in [1.29, 1.82) is 0 Å². The molecule has 3 rings (SSSR count). The molecule has 4 nitrogen and oxygen atoms in total. The van der Waals surface area contributed by atoms with Gasteiger partial charge in [-0.3, -0.25) is 9.78 Å². The Morgan fingerprint density at radius 3 is 2.76 bits per heavy atom. The third-order valence-corrected chi connectivity index (χ3v) is 5.03. The van der Waals surface area contributed by atoms with Crippen molar-refractivity contribution < 1.29 is 4.79 Å². The molecule has 0 aliphatic carbocycles. The SMILES string of the molecule is Cc1ccc(N[C@@H]2CCCN(C(=O)CCc3ccncc3)C2)cc1C. The fourth-order valence-corrected chi connectivity index (χ4v) is 3.35. The van der Waals surface area contributed by atoms with Gasteiger partial charge in [0, 0.05) is 43.6 Å². The molecule has 0 saturated carbocycles. The third-order valence-electron chi connectivity index (χ3n) is 5.03. The maximum Gasteiger partial charge on any atom is 0.222 e. The van der Waals surface area contributed by atoms with Crippen LogP contribution in [0.1, 0.15) is 36.0 Å². The molecule has 2 heterocycles. The summed E-state index contributed by atoms with van der Waals surface area (Å²) in [5.41, 5.74) is 4.93. The van der Waals surface area contributed by atoms with Gasteiger partial charge in [-0.25, -0.2) is 0 Å². The van der Waals surface area contributed by atoms with Crippen molar-refractivity contribution in [3.05, 3.63) is 59.4 Å². The van der Waals surface area contributed by atoms with Crippen molar-refractivity contribution in [2.75, 3.05) is 18.4 Å². The van der Waals surface area contributed by atoms with Crippen LogP contribution in [0.15, 0.2) is 42.7 Å². The van der Waals surface area contributed by atoms with Gasteiger partial charge in [0.1, 0.15) is 0 Å². The predicted molar refractivity (Wildman–Crippen MR) is 102 cm³/mol. The number of pyridine rings is 1. The van der Waals surface area contributed by atoms with Gasteiger partial charge in [-0.15, -0.1) is 0 Å². The van der Waals surface area contributed by atoms with Crippen LogP contribution in [-0.2, 0) is 11.2 Å². The number of hydrogen-bond acceptors (Lipinski definition) is 3. The lowest BCUT2D eigenvalue weighted by Gasteiger charge is -2.34. The van der Waals surface area contributed by atoms with Gasteiger partial charge in [0.15, 0.2) is 0 Å². The normalized spacial score (nSPS) is 17.4. The van der Waals surface area contributed by atoms with Gasteiger partial charge in [-0.05, 0) is 74.1 Å². The van der Waals surface area contributed by atoms with Crippen molar-refractivity contribution in [2.24, 2.45) is 0 Å². The van der Waals surface area contributed by atoms with Crippen molar-refractivity contribution >= 4 is 11.6 Å². The highest BCUT2D eigenvalue weighted by molar-refractivity contribution is 5.76. The first kappa shape index (κ1) is 17.5. The van der Waals surface area contributed by atoms with Crippen LogP contribution >= 0.6 is 0 Å². The second-order valence-corrected chi connectivity index (χ2v) is 6.98. The maximum absolute atomic E-state index is 12.6. The molecule has 1 atom stereocenters. The summed E-state index contributed by atoms with van der Waals surface area (Å²) in [6.45, 7) is 5.93. The van der Waals surface area contributed by atoms with E-state index in [1.807, 2.05) is 17.0 Å². The van der Waals surface area contributed by atoms with Crippen molar-refractivity contribution in [3.8, 4) is 0 Å². The Bertz CT molecular complexity index is 714. The topological polar surface area (TPSA) is 45.2 Å². The molecule has 1 aromatic carbocycles. The highest BCUT2D eigenvalue weighted by Gasteiger charge is 2.23. The largest absolute Gasteiger partial charge is 0.381 e. The van der Waals surface area contributed by atoms with Crippen molar-refractivity contribution in [1.82, 2.24) is 9.88 Å². The Hall–Kier alpha value is -2.36. The van der Waals surface area contributed by atoms with Crippen LogP contribution in [0.2, 0.25) is 0 Å². The van der Waals surface area contributed by atoms with E-state index in [-0.39, 0.29) is 5.91 Å². The first-order chi connectivity index (χ1) is 12.1. The van der Waals surface area contributed by atoms with Gasteiger partial charge in [-0.1, -0.05) is 6.07 Å². The van der Waals surface area contributed by atoms with E-state index in [1.54, 1.807) is 12.4 Å².